The van der Waals surface area contributed by atoms with Crippen molar-refractivity contribution in [1.29, 1.82) is 0 Å². The van der Waals surface area contributed by atoms with Crippen LogP contribution in [0, 0.1) is 6.92 Å². The molecule has 0 unspecified atom stereocenters. The molecule has 2 heterocycles. The first-order chi connectivity index (χ1) is 8.15. The van der Waals surface area contributed by atoms with Crippen LogP contribution in [0.5, 0.6) is 0 Å². The Morgan fingerprint density at radius 2 is 2.24 bits per heavy atom. The van der Waals surface area contributed by atoms with E-state index in [1.165, 1.54) is 10.8 Å². The second kappa shape index (κ2) is 3.41. The second-order valence-electron chi connectivity index (χ2n) is 4.08. The van der Waals surface area contributed by atoms with Gasteiger partial charge < -0.3 is 4.52 Å². The highest BCUT2D eigenvalue weighted by molar-refractivity contribution is 5.50. The number of H-pyrrole nitrogens is 1. The highest BCUT2D eigenvalue weighted by Crippen LogP contribution is 2.33. The Labute approximate surface area is 95.1 Å². The van der Waals surface area contributed by atoms with E-state index < -0.39 is 5.56 Å². The third kappa shape index (κ3) is 1.69. The van der Waals surface area contributed by atoms with Crippen LogP contribution in [0.3, 0.4) is 0 Å². The van der Waals surface area contributed by atoms with E-state index in [1.807, 2.05) is 0 Å². The Bertz CT molecular complexity index is 677. The normalized spacial score (nSPS) is 15.1. The van der Waals surface area contributed by atoms with E-state index in [1.54, 1.807) is 6.92 Å². The zero-order chi connectivity index (χ0) is 12.0. The van der Waals surface area contributed by atoms with Crippen LogP contribution in [-0.2, 0) is 0 Å². The van der Waals surface area contributed by atoms with Crippen LogP contribution in [0.25, 0.3) is 11.4 Å². The molecule has 1 aliphatic carbocycles. The topological polar surface area (TPSA) is 93.8 Å². The first kappa shape index (κ1) is 10.0. The van der Waals surface area contributed by atoms with E-state index in [-0.39, 0.29) is 23.1 Å². The molecule has 0 amide bonds. The predicted octanol–water partition coefficient (Wildman–Crippen LogP) is 0.230. The lowest BCUT2D eigenvalue weighted by Gasteiger charge is -2.02. The summed E-state index contributed by atoms with van der Waals surface area (Å²) in [4.78, 5) is 29.5. The number of hydrogen-bond donors (Lipinski definition) is 1. The summed E-state index contributed by atoms with van der Waals surface area (Å²) in [6, 6.07) is 0.186. The predicted molar refractivity (Wildman–Crippen MR) is 57.6 cm³/mol. The molecule has 3 rings (SSSR count). The van der Waals surface area contributed by atoms with Crippen molar-refractivity contribution in [3.05, 3.63) is 32.9 Å². The highest BCUT2D eigenvalue weighted by atomic mass is 16.5. The van der Waals surface area contributed by atoms with Crippen molar-refractivity contribution in [2.24, 2.45) is 0 Å². The molecule has 1 N–H and O–H groups in total. The molecule has 2 aromatic heterocycles. The standard InChI is InChI=1S/C10H10N4O3/c1-5-11-8(13-17-5)7-4-14(6-2-3-6)10(16)12-9(7)15/h4,6H,2-3H2,1H3,(H,12,15,16). The van der Waals surface area contributed by atoms with Crippen LogP contribution in [0.1, 0.15) is 24.8 Å². The molecule has 1 saturated carbocycles. The van der Waals surface area contributed by atoms with E-state index in [2.05, 4.69) is 15.1 Å². The molecule has 0 spiro atoms. The van der Waals surface area contributed by atoms with Crippen molar-refractivity contribution >= 4 is 0 Å². The molecule has 7 heteroatoms. The molecule has 0 aliphatic heterocycles. The number of nitrogens with zero attached hydrogens (tertiary/aromatic N) is 3. The summed E-state index contributed by atoms with van der Waals surface area (Å²) in [7, 11) is 0. The fourth-order valence-electron chi connectivity index (χ4n) is 1.68. The van der Waals surface area contributed by atoms with Gasteiger partial charge in [-0.2, -0.15) is 4.98 Å². The van der Waals surface area contributed by atoms with E-state index in [9.17, 15) is 9.59 Å². The molecule has 0 radical (unpaired) electrons. The number of nitrogens with one attached hydrogen (secondary N) is 1. The number of rotatable bonds is 2. The van der Waals surface area contributed by atoms with Gasteiger partial charge in [-0.05, 0) is 12.8 Å². The number of hydrogen-bond acceptors (Lipinski definition) is 5. The molecule has 0 bridgehead atoms. The van der Waals surface area contributed by atoms with Crippen molar-refractivity contribution < 1.29 is 4.52 Å². The van der Waals surface area contributed by atoms with Crippen molar-refractivity contribution in [3.63, 3.8) is 0 Å². The van der Waals surface area contributed by atoms with E-state index >= 15 is 0 Å². The zero-order valence-corrected chi connectivity index (χ0v) is 9.14. The lowest BCUT2D eigenvalue weighted by molar-refractivity contribution is 0.394. The van der Waals surface area contributed by atoms with E-state index in [0.717, 1.165) is 12.8 Å². The van der Waals surface area contributed by atoms with Crippen molar-refractivity contribution in [3.8, 4) is 11.4 Å². The molecule has 0 aromatic carbocycles. The molecule has 2 aromatic rings. The van der Waals surface area contributed by atoms with Gasteiger partial charge in [-0.25, -0.2) is 4.79 Å². The van der Waals surface area contributed by atoms with Gasteiger partial charge in [-0.1, -0.05) is 5.16 Å². The number of aromatic amines is 1. The van der Waals surface area contributed by atoms with Crippen LogP contribution in [0.4, 0.5) is 0 Å². The maximum Gasteiger partial charge on any atom is 0.328 e. The molecule has 1 fully saturated rings. The molecular formula is C10H10N4O3. The van der Waals surface area contributed by atoms with E-state index in [4.69, 9.17) is 4.52 Å². The van der Waals surface area contributed by atoms with Crippen LogP contribution >= 0.6 is 0 Å². The highest BCUT2D eigenvalue weighted by Gasteiger charge is 2.26. The Morgan fingerprint density at radius 1 is 1.47 bits per heavy atom. The average Bonchev–Trinajstić information content (AvgIpc) is 3.02. The van der Waals surface area contributed by atoms with Crippen LogP contribution in [0.15, 0.2) is 20.3 Å². The summed E-state index contributed by atoms with van der Waals surface area (Å²) < 4.78 is 6.34. The molecule has 17 heavy (non-hydrogen) atoms. The molecule has 0 saturated heterocycles. The maximum absolute atomic E-state index is 11.7. The third-order valence-corrected chi connectivity index (χ3v) is 2.68. The van der Waals surface area contributed by atoms with Crippen LogP contribution in [0.2, 0.25) is 0 Å². The quantitative estimate of drug-likeness (QED) is 0.802. The average molecular weight is 234 g/mol. The monoisotopic (exact) mass is 234 g/mol. The minimum absolute atomic E-state index is 0.186. The Morgan fingerprint density at radius 3 is 2.82 bits per heavy atom. The summed E-state index contributed by atoms with van der Waals surface area (Å²) in [6.07, 6.45) is 3.41. The SMILES string of the molecule is Cc1nc(-c2cn(C3CC3)c(=O)[nH]c2=O)no1. The fourth-order valence-corrected chi connectivity index (χ4v) is 1.68. The van der Waals surface area contributed by atoms with Gasteiger partial charge >= 0.3 is 5.69 Å². The first-order valence-corrected chi connectivity index (χ1v) is 5.31. The molecule has 1 aliphatic rings. The maximum atomic E-state index is 11.7. The molecule has 7 nitrogen and oxygen atoms in total. The Hall–Kier alpha value is -2.18. The third-order valence-electron chi connectivity index (χ3n) is 2.68. The van der Waals surface area contributed by atoms with Crippen LogP contribution in [-0.4, -0.2) is 19.7 Å². The molecule has 0 atom stereocenters. The Balaban J connectivity index is 2.19. The van der Waals surface area contributed by atoms with Gasteiger partial charge in [-0.3, -0.25) is 14.3 Å². The number of aryl methyl sites for hydroxylation is 1. The summed E-state index contributed by atoms with van der Waals surface area (Å²) in [6.45, 7) is 1.64. The molecular weight excluding hydrogens is 224 g/mol. The minimum atomic E-state index is -0.493. The van der Waals surface area contributed by atoms with Gasteiger partial charge in [0.15, 0.2) is 0 Å². The van der Waals surface area contributed by atoms with Crippen molar-refractivity contribution in [2.75, 3.05) is 0 Å². The second-order valence-corrected chi connectivity index (χ2v) is 4.08. The van der Waals surface area contributed by atoms with Gasteiger partial charge in [0.1, 0.15) is 5.56 Å². The van der Waals surface area contributed by atoms with E-state index in [0.29, 0.717) is 5.89 Å². The van der Waals surface area contributed by atoms with Crippen molar-refractivity contribution in [2.45, 2.75) is 25.8 Å². The summed E-state index contributed by atoms with van der Waals surface area (Å²) >= 11 is 0. The Kier molecular flexibility index (Phi) is 2.01. The van der Waals surface area contributed by atoms with Crippen molar-refractivity contribution in [1.82, 2.24) is 19.7 Å². The lowest BCUT2D eigenvalue weighted by Crippen LogP contribution is -2.30. The summed E-state index contributed by atoms with van der Waals surface area (Å²) in [5.74, 6) is 0.585. The van der Waals surface area contributed by atoms with Gasteiger partial charge in [0.25, 0.3) is 5.56 Å². The van der Waals surface area contributed by atoms with Gasteiger partial charge in [0.05, 0.1) is 0 Å². The van der Waals surface area contributed by atoms with Crippen LogP contribution < -0.4 is 11.2 Å². The first-order valence-electron chi connectivity index (χ1n) is 5.31. The lowest BCUT2D eigenvalue weighted by atomic mass is 10.3. The minimum Gasteiger partial charge on any atom is -0.339 e. The summed E-state index contributed by atoms with van der Waals surface area (Å²) in [5, 5.41) is 3.68. The van der Waals surface area contributed by atoms with Gasteiger partial charge in [0, 0.05) is 19.2 Å². The largest absolute Gasteiger partial charge is 0.339 e. The van der Waals surface area contributed by atoms with Gasteiger partial charge in [0.2, 0.25) is 11.7 Å². The molecule has 88 valence electrons. The zero-order valence-electron chi connectivity index (χ0n) is 9.14. The summed E-state index contributed by atoms with van der Waals surface area (Å²) in [5.41, 5.74) is -0.623. The number of aromatic nitrogens is 4. The van der Waals surface area contributed by atoms with Gasteiger partial charge in [-0.15, -0.1) is 0 Å². The fraction of sp³-hybridized carbons (Fsp3) is 0.400. The smallest absolute Gasteiger partial charge is 0.328 e.